The largest absolute Gasteiger partial charge is 0.397 e. The number of thioether (sulfide) groups is 1. The lowest BCUT2D eigenvalue weighted by Crippen LogP contribution is -2.22. The molecule has 0 bridgehead atoms. The van der Waals surface area contributed by atoms with E-state index >= 15 is 0 Å². The van der Waals surface area contributed by atoms with Crippen molar-refractivity contribution in [2.24, 2.45) is 7.05 Å². The van der Waals surface area contributed by atoms with E-state index in [9.17, 15) is 4.79 Å². The van der Waals surface area contributed by atoms with Crippen LogP contribution in [0.2, 0.25) is 5.02 Å². The molecule has 3 N–H and O–H groups in total. The van der Waals surface area contributed by atoms with Crippen LogP contribution in [0, 0.1) is 0 Å². The Kier molecular flexibility index (Phi) is 4.57. The second-order valence-corrected chi connectivity index (χ2v) is 6.18. The summed E-state index contributed by atoms with van der Waals surface area (Å²) in [5.41, 5.74) is 6.82. The van der Waals surface area contributed by atoms with E-state index in [4.69, 9.17) is 17.3 Å². The molecule has 1 atom stereocenters. The summed E-state index contributed by atoms with van der Waals surface area (Å²) < 4.78 is 1.70. The maximum absolute atomic E-state index is 12.1. The van der Waals surface area contributed by atoms with Gasteiger partial charge in [0, 0.05) is 23.2 Å². The summed E-state index contributed by atoms with van der Waals surface area (Å²) in [6.07, 6.45) is 3.59. The summed E-state index contributed by atoms with van der Waals surface area (Å²) in [4.78, 5) is 13.1. The number of anilines is 2. The Labute approximate surface area is 126 Å². The van der Waals surface area contributed by atoms with E-state index in [1.807, 2.05) is 20.2 Å². The molecule has 106 valence electrons. The number of aryl methyl sites for hydroxylation is 1. The van der Waals surface area contributed by atoms with Crippen LogP contribution in [0.15, 0.2) is 35.5 Å². The molecular formula is C13H15ClN4OS. The minimum Gasteiger partial charge on any atom is -0.397 e. The Bertz CT molecular complexity index is 629. The molecule has 0 saturated heterocycles. The van der Waals surface area contributed by atoms with Gasteiger partial charge in [0.2, 0.25) is 5.91 Å². The molecule has 1 amide bonds. The van der Waals surface area contributed by atoms with Crippen molar-refractivity contribution in [3.8, 4) is 0 Å². The quantitative estimate of drug-likeness (QED) is 0.673. The van der Waals surface area contributed by atoms with Gasteiger partial charge in [0.25, 0.3) is 0 Å². The number of hydrogen-bond donors (Lipinski definition) is 2. The van der Waals surface area contributed by atoms with Crippen molar-refractivity contribution in [1.29, 1.82) is 0 Å². The Morgan fingerprint density at radius 2 is 2.30 bits per heavy atom. The summed E-state index contributed by atoms with van der Waals surface area (Å²) in [6, 6.07) is 4.98. The fraction of sp³-hybridized carbons (Fsp3) is 0.231. The highest BCUT2D eigenvalue weighted by atomic mass is 35.5. The molecule has 1 heterocycles. The third-order valence-corrected chi connectivity index (χ3v) is 3.92. The van der Waals surface area contributed by atoms with Gasteiger partial charge in [-0.25, -0.2) is 0 Å². The minimum absolute atomic E-state index is 0.132. The van der Waals surface area contributed by atoms with E-state index in [0.29, 0.717) is 16.4 Å². The maximum atomic E-state index is 12.1. The Hall–Kier alpha value is -1.66. The lowest BCUT2D eigenvalue weighted by Gasteiger charge is -2.12. The number of nitrogens with one attached hydrogen (secondary N) is 1. The topological polar surface area (TPSA) is 72.9 Å². The van der Waals surface area contributed by atoms with Crippen LogP contribution in [-0.2, 0) is 11.8 Å². The van der Waals surface area contributed by atoms with Gasteiger partial charge in [-0.05, 0) is 25.1 Å². The van der Waals surface area contributed by atoms with Crippen LogP contribution in [0.5, 0.6) is 0 Å². The molecule has 0 fully saturated rings. The van der Waals surface area contributed by atoms with Crippen molar-refractivity contribution in [3.05, 3.63) is 35.6 Å². The second kappa shape index (κ2) is 6.19. The van der Waals surface area contributed by atoms with Crippen molar-refractivity contribution in [2.75, 3.05) is 11.1 Å². The van der Waals surface area contributed by atoms with Gasteiger partial charge in [-0.2, -0.15) is 5.10 Å². The first kappa shape index (κ1) is 14.7. The third-order valence-electron chi connectivity index (χ3n) is 2.64. The number of nitrogens with zero attached hydrogens (tertiary/aromatic N) is 2. The number of carbonyl (C=O) groups is 1. The molecule has 7 heteroatoms. The number of rotatable bonds is 4. The van der Waals surface area contributed by atoms with Crippen LogP contribution >= 0.6 is 23.4 Å². The van der Waals surface area contributed by atoms with Gasteiger partial charge in [0.15, 0.2) is 0 Å². The van der Waals surface area contributed by atoms with Crippen LogP contribution in [0.1, 0.15) is 6.92 Å². The normalized spacial score (nSPS) is 12.2. The van der Waals surface area contributed by atoms with Gasteiger partial charge in [-0.3, -0.25) is 9.48 Å². The summed E-state index contributed by atoms with van der Waals surface area (Å²) in [6.45, 7) is 1.83. The summed E-state index contributed by atoms with van der Waals surface area (Å²) in [7, 11) is 1.83. The zero-order valence-electron chi connectivity index (χ0n) is 11.1. The molecule has 0 radical (unpaired) electrons. The molecule has 2 rings (SSSR count). The molecule has 1 unspecified atom stereocenters. The van der Waals surface area contributed by atoms with Crippen molar-refractivity contribution >= 4 is 40.6 Å². The number of nitrogens with two attached hydrogens (primary N) is 1. The van der Waals surface area contributed by atoms with Crippen LogP contribution in [0.4, 0.5) is 11.4 Å². The number of nitrogen functional groups attached to an aromatic ring is 1. The number of carbonyl (C=O) groups excluding carboxylic acids is 1. The molecule has 0 aliphatic rings. The van der Waals surface area contributed by atoms with E-state index in [2.05, 4.69) is 10.4 Å². The number of halogens is 1. The van der Waals surface area contributed by atoms with Crippen LogP contribution in [-0.4, -0.2) is 20.9 Å². The van der Waals surface area contributed by atoms with Crippen molar-refractivity contribution in [3.63, 3.8) is 0 Å². The highest BCUT2D eigenvalue weighted by Crippen LogP contribution is 2.26. The molecular weight excluding hydrogens is 296 g/mol. The van der Waals surface area contributed by atoms with E-state index in [1.54, 1.807) is 29.1 Å². The average Bonchev–Trinajstić information content (AvgIpc) is 2.79. The van der Waals surface area contributed by atoms with Crippen molar-refractivity contribution < 1.29 is 4.79 Å². The van der Waals surface area contributed by atoms with Crippen molar-refractivity contribution in [2.45, 2.75) is 17.1 Å². The fourth-order valence-electron chi connectivity index (χ4n) is 1.59. The molecule has 0 spiro atoms. The minimum atomic E-state index is -0.266. The maximum Gasteiger partial charge on any atom is 0.237 e. The van der Waals surface area contributed by atoms with Gasteiger partial charge in [-0.1, -0.05) is 11.6 Å². The Balaban J connectivity index is 2.02. The molecule has 5 nitrogen and oxygen atoms in total. The number of aromatic nitrogens is 2. The summed E-state index contributed by atoms with van der Waals surface area (Å²) >= 11 is 7.32. The fourth-order valence-corrected chi connectivity index (χ4v) is 2.66. The number of benzene rings is 1. The SMILES string of the molecule is CC(Sc1cnn(C)c1)C(=O)Nc1cc(Cl)ccc1N. The van der Waals surface area contributed by atoms with Gasteiger partial charge < -0.3 is 11.1 Å². The first-order valence-electron chi connectivity index (χ1n) is 5.97. The highest BCUT2D eigenvalue weighted by Gasteiger charge is 2.16. The molecule has 2 aromatic rings. The summed E-state index contributed by atoms with van der Waals surface area (Å²) in [5, 5.41) is 7.11. The lowest BCUT2D eigenvalue weighted by molar-refractivity contribution is -0.115. The molecule has 0 saturated carbocycles. The van der Waals surface area contributed by atoms with E-state index in [1.165, 1.54) is 11.8 Å². The molecule has 0 aliphatic heterocycles. The zero-order chi connectivity index (χ0) is 14.7. The monoisotopic (exact) mass is 310 g/mol. The first-order chi connectivity index (χ1) is 9.45. The van der Waals surface area contributed by atoms with E-state index < -0.39 is 0 Å². The van der Waals surface area contributed by atoms with Crippen LogP contribution in [0.3, 0.4) is 0 Å². The first-order valence-corrected chi connectivity index (χ1v) is 7.22. The van der Waals surface area contributed by atoms with Crippen LogP contribution in [0.25, 0.3) is 0 Å². The Morgan fingerprint density at radius 1 is 1.55 bits per heavy atom. The molecule has 20 heavy (non-hydrogen) atoms. The van der Waals surface area contributed by atoms with Crippen LogP contribution < -0.4 is 11.1 Å². The molecule has 1 aromatic carbocycles. The van der Waals surface area contributed by atoms with Gasteiger partial charge in [-0.15, -0.1) is 11.8 Å². The average molecular weight is 311 g/mol. The molecule has 0 aliphatic carbocycles. The molecule has 1 aromatic heterocycles. The smallest absolute Gasteiger partial charge is 0.237 e. The van der Waals surface area contributed by atoms with Gasteiger partial charge in [0.05, 0.1) is 22.8 Å². The highest BCUT2D eigenvalue weighted by molar-refractivity contribution is 8.00. The summed E-state index contributed by atoms with van der Waals surface area (Å²) in [5.74, 6) is -0.132. The second-order valence-electron chi connectivity index (χ2n) is 4.33. The number of amides is 1. The van der Waals surface area contributed by atoms with Gasteiger partial charge in [0.1, 0.15) is 0 Å². The third kappa shape index (κ3) is 3.68. The van der Waals surface area contributed by atoms with Gasteiger partial charge >= 0.3 is 0 Å². The lowest BCUT2D eigenvalue weighted by atomic mass is 10.2. The predicted molar refractivity (Wildman–Crippen MR) is 83.0 cm³/mol. The Morgan fingerprint density at radius 3 is 2.95 bits per heavy atom. The zero-order valence-corrected chi connectivity index (χ0v) is 12.7. The number of hydrogen-bond acceptors (Lipinski definition) is 4. The van der Waals surface area contributed by atoms with E-state index in [0.717, 1.165) is 4.90 Å². The predicted octanol–water partition coefficient (Wildman–Crippen LogP) is 2.78. The van der Waals surface area contributed by atoms with E-state index in [-0.39, 0.29) is 11.2 Å². The standard InChI is InChI=1S/C13H15ClN4OS/c1-8(20-10-6-16-18(2)7-10)13(19)17-12-5-9(14)3-4-11(12)15/h3-8H,15H2,1-2H3,(H,17,19). The van der Waals surface area contributed by atoms with Crippen molar-refractivity contribution in [1.82, 2.24) is 9.78 Å².